The Labute approximate surface area is 132 Å². The molecule has 1 aromatic carbocycles. The number of anilines is 1. The molecule has 1 saturated heterocycles. The van der Waals surface area contributed by atoms with Gasteiger partial charge >= 0.3 is 0 Å². The van der Waals surface area contributed by atoms with E-state index < -0.39 is 0 Å². The van der Waals surface area contributed by atoms with Crippen LogP contribution in [0.5, 0.6) is 0 Å². The Morgan fingerprint density at radius 3 is 2.55 bits per heavy atom. The lowest BCUT2D eigenvalue weighted by Gasteiger charge is -2.33. The van der Waals surface area contributed by atoms with E-state index >= 15 is 0 Å². The maximum atomic E-state index is 3.72. The highest BCUT2D eigenvalue weighted by molar-refractivity contribution is 9.10. The average molecular weight is 339 g/mol. The van der Waals surface area contributed by atoms with Crippen LogP contribution in [0.2, 0.25) is 0 Å². The van der Waals surface area contributed by atoms with Crippen molar-refractivity contribution >= 4 is 21.6 Å². The molecule has 0 aromatic heterocycles. The normalized spacial score (nSPS) is 16.9. The molecule has 1 aromatic rings. The average Bonchev–Trinajstić information content (AvgIpc) is 2.46. The molecule has 0 radical (unpaired) electrons. The lowest BCUT2D eigenvalue weighted by Crippen LogP contribution is -2.33. The zero-order valence-electron chi connectivity index (χ0n) is 13.0. The Kier molecular flexibility index (Phi) is 5.91. The van der Waals surface area contributed by atoms with Gasteiger partial charge in [0.1, 0.15) is 0 Å². The van der Waals surface area contributed by atoms with Crippen LogP contribution < -0.4 is 10.2 Å². The zero-order chi connectivity index (χ0) is 14.5. The Morgan fingerprint density at radius 1 is 1.30 bits per heavy atom. The summed E-state index contributed by atoms with van der Waals surface area (Å²) in [6.07, 6.45) is 4.01. The monoisotopic (exact) mass is 338 g/mol. The minimum absolute atomic E-state index is 0.523. The summed E-state index contributed by atoms with van der Waals surface area (Å²) in [5.41, 5.74) is 2.70. The molecule has 0 amide bonds. The summed E-state index contributed by atoms with van der Waals surface area (Å²) in [5.74, 6) is 0.934. The molecule has 0 atom stereocenters. The molecular formula is C17H27BrN2. The molecule has 0 spiro atoms. The van der Waals surface area contributed by atoms with E-state index in [0.717, 1.165) is 12.5 Å². The van der Waals surface area contributed by atoms with Gasteiger partial charge in [0, 0.05) is 35.8 Å². The minimum atomic E-state index is 0.523. The van der Waals surface area contributed by atoms with Crippen molar-refractivity contribution in [3.63, 3.8) is 0 Å². The molecule has 3 heteroatoms. The molecule has 112 valence electrons. The minimum Gasteiger partial charge on any atom is -0.371 e. The molecule has 0 aliphatic carbocycles. The third-order valence-electron chi connectivity index (χ3n) is 4.29. The highest BCUT2D eigenvalue weighted by atomic mass is 79.9. The van der Waals surface area contributed by atoms with Crippen LogP contribution in [0.25, 0.3) is 0 Å². The number of nitrogens with one attached hydrogen (secondary N) is 1. The summed E-state index contributed by atoms with van der Waals surface area (Å²) in [4.78, 5) is 2.52. The number of hydrogen-bond donors (Lipinski definition) is 1. The van der Waals surface area contributed by atoms with Crippen LogP contribution in [0.15, 0.2) is 22.7 Å². The highest BCUT2D eigenvalue weighted by Gasteiger charge is 2.18. The fraction of sp³-hybridized carbons (Fsp3) is 0.647. The van der Waals surface area contributed by atoms with Crippen molar-refractivity contribution in [2.45, 2.75) is 52.6 Å². The molecule has 1 aliphatic heterocycles. The molecule has 0 saturated carbocycles. The predicted molar refractivity (Wildman–Crippen MR) is 91.3 cm³/mol. The Morgan fingerprint density at radius 2 is 2.00 bits per heavy atom. The third-order valence-corrected chi connectivity index (χ3v) is 5.03. The van der Waals surface area contributed by atoms with Gasteiger partial charge in [-0.3, -0.25) is 0 Å². The van der Waals surface area contributed by atoms with Crippen molar-refractivity contribution in [1.29, 1.82) is 0 Å². The maximum Gasteiger partial charge on any atom is 0.0377 e. The smallest absolute Gasteiger partial charge is 0.0377 e. The van der Waals surface area contributed by atoms with Crippen LogP contribution >= 0.6 is 15.9 Å². The van der Waals surface area contributed by atoms with E-state index in [2.05, 4.69) is 65.1 Å². The van der Waals surface area contributed by atoms with E-state index in [9.17, 15) is 0 Å². The number of nitrogens with zero attached hydrogens (tertiary/aromatic N) is 1. The van der Waals surface area contributed by atoms with Crippen molar-refractivity contribution in [2.75, 3.05) is 18.0 Å². The first-order chi connectivity index (χ1) is 9.60. The van der Waals surface area contributed by atoms with Gasteiger partial charge in [-0.25, -0.2) is 0 Å². The van der Waals surface area contributed by atoms with Gasteiger partial charge < -0.3 is 10.2 Å². The van der Waals surface area contributed by atoms with Crippen molar-refractivity contribution in [3.05, 3.63) is 28.2 Å². The summed E-state index contributed by atoms with van der Waals surface area (Å²) in [5, 5.41) is 3.47. The summed E-state index contributed by atoms with van der Waals surface area (Å²) >= 11 is 3.72. The second-order valence-corrected chi connectivity index (χ2v) is 7.00. The number of rotatable bonds is 5. The standard InChI is InChI=1S/C17H27BrN2/c1-4-14-7-9-20(10-8-14)16-6-5-15(17(18)11-16)12-19-13(2)3/h5-6,11,13-14,19H,4,7-10,12H2,1-3H3. The fourth-order valence-corrected chi connectivity index (χ4v) is 3.30. The van der Waals surface area contributed by atoms with E-state index in [4.69, 9.17) is 0 Å². The van der Waals surface area contributed by atoms with Crippen LogP contribution in [-0.4, -0.2) is 19.1 Å². The molecule has 0 bridgehead atoms. The Hall–Kier alpha value is -0.540. The van der Waals surface area contributed by atoms with E-state index in [-0.39, 0.29) is 0 Å². The number of piperidine rings is 1. The van der Waals surface area contributed by atoms with Gasteiger partial charge in [0.25, 0.3) is 0 Å². The largest absolute Gasteiger partial charge is 0.371 e. The van der Waals surface area contributed by atoms with Gasteiger partial charge in [-0.05, 0) is 36.5 Å². The number of halogens is 1. The van der Waals surface area contributed by atoms with Crippen LogP contribution in [0.3, 0.4) is 0 Å². The zero-order valence-corrected chi connectivity index (χ0v) is 14.5. The van der Waals surface area contributed by atoms with Gasteiger partial charge in [-0.2, -0.15) is 0 Å². The topological polar surface area (TPSA) is 15.3 Å². The molecule has 0 unspecified atom stereocenters. The second kappa shape index (κ2) is 7.46. The van der Waals surface area contributed by atoms with E-state index in [1.54, 1.807) is 0 Å². The van der Waals surface area contributed by atoms with Gasteiger partial charge in [-0.1, -0.05) is 49.2 Å². The van der Waals surface area contributed by atoms with Gasteiger partial charge in [-0.15, -0.1) is 0 Å². The first-order valence-electron chi connectivity index (χ1n) is 7.87. The van der Waals surface area contributed by atoms with E-state index in [0.29, 0.717) is 6.04 Å². The molecular weight excluding hydrogens is 312 g/mol. The third kappa shape index (κ3) is 4.23. The summed E-state index contributed by atoms with van der Waals surface area (Å²) < 4.78 is 1.22. The summed E-state index contributed by atoms with van der Waals surface area (Å²) in [6.45, 7) is 10.0. The first-order valence-corrected chi connectivity index (χ1v) is 8.66. The van der Waals surface area contributed by atoms with E-state index in [1.807, 2.05) is 0 Å². The molecule has 20 heavy (non-hydrogen) atoms. The van der Waals surface area contributed by atoms with Crippen LogP contribution in [0.1, 0.15) is 45.6 Å². The van der Waals surface area contributed by atoms with Crippen LogP contribution in [0.4, 0.5) is 5.69 Å². The Balaban J connectivity index is 1.98. The SMILES string of the molecule is CCC1CCN(c2ccc(CNC(C)C)c(Br)c2)CC1. The van der Waals surface area contributed by atoms with Crippen LogP contribution in [-0.2, 0) is 6.54 Å². The number of benzene rings is 1. The maximum absolute atomic E-state index is 3.72. The predicted octanol–water partition coefficient (Wildman–Crippen LogP) is 4.57. The quantitative estimate of drug-likeness (QED) is 0.845. The second-order valence-electron chi connectivity index (χ2n) is 6.15. The molecule has 1 aliphatic rings. The molecule has 2 rings (SSSR count). The summed E-state index contributed by atoms with van der Waals surface area (Å²) in [6, 6.07) is 7.33. The first kappa shape index (κ1) is 15.8. The molecule has 1 fully saturated rings. The van der Waals surface area contributed by atoms with E-state index in [1.165, 1.54) is 48.1 Å². The highest BCUT2D eigenvalue weighted by Crippen LogP contribution is 2.28. The number of hydrogen-bond acceptors (Lipinski definition) is 2. The van der Waals surface area contributed by atoms with Crippen molar-refractivity contribution in [2.24, 2.45) is 5.92 Å². The van der Waals surface area contributed by atoms with Crippen molar-refractivity contribution in [3.8, 4) is 0 Å². The van der Waals surface area contributed by atoms with Gasteiger partial charge in [0.2, 0.25) is 0 Å². The molecule has 2 nitrogen and oxygen atoms in total. The van der Waals surface area contributed by atoms with Gasteiger partial charge in [0.15, 0.2) is 0 Å². The molecule has 1 heterocycles. The lowest BCUT2D eigenvalue weighted by molar-refractivity contribution is 0.395. The summed E-state index contributed by atoms with van der Waals surface area (Å²) in [7, 11) is 0. The lowest BCUT2D eigenvalue weighted by atomic mass is 9.94. The van der Waals surface area contributed by atoms with Crippen molar-refractivity contribution < 1.29 is 0 Å². The van der Waals surface area contributed by atoms with Gasteiger partial charge in [0.05, 0.1) is 0 Å². The fourth-order valence-electron chi connectivity index (χ4n) is 2.79. The van der Waals surface area contributed by atoms with Crippen molar-refractivity contribution in [1.82, 2.24) is 5.32 Å². The Bertz CT molecular complexity index is 423. The van der Waals surface area contributed by atoms with Crippen LogP contribution in [0, 0.1) is 5.92 Å². The molecule has 1 N–H and O–H groups in total.